The van der Waals surface area contributed by atoms with E-state index in [9.17, 15) is 9.59 Å². The number of amides is 2. The molecular weight excluding hydrogens is 272 g/mol. The zero-order valence-corrected chi connectivity index (χ0v) is 12.6. The van der Waals surface area contributed by atoms with Crippen molar-refractivity contribution in [3.05, 3.63) is 30.3 Å². The monoisotopic (exact) mass is 294 g/mol. The molecule has 0 saturated heterocycles. The van der Waals surface area contributed by atoms with Crippen molar-refractivity contribution in [1.29, 1.82) is 0 Å². The topological polar surface area (TPSA) is 78.9 Å². The Balaban J connectivity index is 2.75. The lowest BCUT2D eigenvalue weighted by molar-refractivity contribution is -0.135. The van der Waals surface area contributed by atoms with Crippen LogP contribution in [0.3, 0.4) is 0 Å². The van der Waals surface area contributed by atoms with Crippen LogP contribution in [0.4, 0.5) is 10.5 Å². The van der Waals surface area contributed by atoms with Crippen molar-refractivity contribution in [2.45, 2.75) is 26.4 Å². The van der Waals surface area contributed by atoms with Gasteiger partial charge in [-0.3, -0.25) is 9.69 Å². The number of nitrogens with zero attached hydrogens (tertiary/aromatic N) is 1. The van der Waals surface area contributed by atoms with Crippen molar-refractivity contribution in [3.63, 3.8) is 0 Å². The van der Waals surface area contributed by atoms with E-state index in [1.807, 2.05) is 20.8 Å². The first-order valence-corrected chi connectivity index (χ1v) is 6.82. The summed E-state index contributed by atoms with van der Waals surface area (Å²) in [5, 5.41) is 11.7. The van der Waals surface area contributed by atoms with Gasteiger partial charge in [-0.2, -0.15) is 0 Å². The molecule has 0 aromatic heterocycles. The molecule has 6 nitrogen and oxygen atoms in total. The Morgan fingerprint density at radius 2 is 1.90 bits per heavy atom. The fourth-order valence-corrected chi connectivity index (χ4v) is 1.85. The van der Waals surface area contributed by atoms with E-state index < -0.39 is 24.1 Å². The van der Waals surface area contributed by atoms with Crippen LogP contribution in [0.5, 0.6) is 0 Å². The Labute approximate surface area is 124 Å². The number of benzene rings is 1. The molecule has 21 heavy (non-hydrogen) atoms. The number of aliphatic carboxylic acids is 1. The van der Waals surface area contributed by atoms with Gasteiger partial charge < -0.3 is 15.2 Å². The van der Waals surface area contributed by atoms with Gasteiger partial charge >= 0.3 is 12.0 Å². The summed E-state index contributed by atoms with van der Waals surface area (Å²) in [7, 11) is 0. The average molecular weight is 294 g/mol. The molecule has 0 bridgehead atoms. The second-order valence-corrected chi connectivity index (χ2v) is 5.17. The van der Waals surface area contributed by atoms with Crippen molar-refractivity contribution in [2.24, 2.45) is 0 Å². The first kappa shape index (κ1) is 17.0. The minimum Gasteiger partial charge on any atom is -0.480 e. The minimum absolute atomic E-state index is 0.294. The van der Waals surface area contributed by atoms with Crippen LogP contribution in [0.2, 0.25) is 0 Å². The van der Waals surface area contributed by atoms with Crippen LogP contribution in [-0.2, 0) is 9.53 Å². The SMILES string of the molecule is CCOC(C)(C)CNC(=O)N(CC(=O)O)c1ccccc1. The smallest absolute Gasteiger partial charge is 0.323 e. The molecule has 6 heteroatoms. The van der Waals surface area contributed by atoms with Crippen LogP contribution in [-0.4, -0.2) is 42.4 Å². The van der Waals surface area contributed by atoms with E-state index in [0.717, 1.165) is 0 Å². The first-order chi connectivity index (χ1) is 9.85. The lowest BCUT2D eigenvalue weighted by Crippen LogP contribution is -2.48. The molecule has 0 aliphatic rings. The van der Waals surface area contributed by atoms with Gasteiger partial charge in [0.2, 0.25) is 0 Å². The van der Waals surface area contributed by atoms with Gasteiger partial charge in [-0.05, 0) is 32.9 Å². The molecule has 0 atom stereocenters. The van der Waals surface area contributed by atoms with E-state index in [1.54, 1.807) is 30.3 Å². The maximum atomic E-state index is 12.2. The second kappa shape index (κ2) is 7.64. The van der Waals surface area contributed by atoms with Gasteiger partial charge in [0, 0.05) is 18.8 Å². The van der Waals surface area contributed by atoms with Gasteiger partial charge in [-0.15, -0.1) is 0 Å². The third kappa shape index (κ3) is 5.83. The summed E-state index contributed by atoms with van der Waals surface area (Å²) in [6, 6.07) is 8.23. The van der Waals surface area contributed by atoms with Gasteiger partial charge in [0.05, 0.1) is 5.60 Å². The van der Waals surface area contributed by atoms with Crippen LogP contribution in [0.25, 0.3) is 0 Å². The van der Waals surface area contributed by atoms with Gasteiger partial charge in [0.1, 0.15) is 6.54 Å². The molecule has 0 saturated carbocycles. The molecule has 0 aliphatic carbocycles. The van der Waals surface area contributed by atoms with Crippen molar-refractivity contribution in [1.82, 2.24) is 5.32 Å². The van der Waals surface area contributed by atoms with E-state index in [1.165, 1.54) is 4.90 Å². The van der Waals surface area contributed by atoms with Crippen LogP contribution in [0.15, 0.2) is 30.3 Å². The number of carboxylic acids is 1. The van der Waals surface area contributed by atoms with Gasteiger partial charge in [-0.25, -0.2) is 4.79 Å². The number of rotatable bonds is 7. The second-order valence-electron chi connectivity index (χ2n) is 5.17. The quantitative estimate of drug-likeness (QED) is 0.807. The van der Waals surface area contributed by atoms with Crippen molar-refractivity contribution in [3.8, 4) is 0 Å². The predicted molar refractivity (Wildman–Crippen MR) is 80.5 cm³/mol. The van der Waals surface area contributed by atoms with Crippen LogP contribution >= 0.6 is 0 Å². The number of hydrogen-bond acceptors (Lipinski definition) is 3. The van der Waals surface area contributed by atoms with Gasteiger partial charge in [0.15, 0.2) is 0 Å². The number of carbonyl (C=O) groups excluding carboxylic acids is 1. The number of urea groups is 1. The average Bonchev–Trinajstić information content (AvgIpc) is 2.43. The minimum atomic E-state index is -1.07. The third-order valence-electron chi connectivity index (χ3n) is 2.81. The highest BCUT2D eigenvalue weighted by Gasteiger charge is 2.23. The number of anilines is 1. The molecule has 116 valence electrons. The molecule has 0 unspecified atom stereocenters. The van der Waals surface area contributed by atoms with Crippen LogP contribution in [0.1, 0.15) is 20.8 Å². The van der Waals surface area contributed by atoms with Crippen molar-refractivity contribution < 1.29 is 19.4 Å². The molecule has 1 aromatic rings. The number of carbonyl (C=O) groups is 2. The van der Waals surface area contributed by atoms with Gasteiger partial charge in [-0.1, -0.05) is 18.2 Å². The van der Waals surface area contributed by atoms with Gasteiger partial charge in [0.25, 0.3) is 0 Å². The zero-order chi connectivity index (χ0) is 15.9. The van der Waals surface area contributed by atoms with E-state index in [4.69, 9.17) is 9.84 Å². The summed E-state index contributed by atoms with van der Waals surface area (Å²) in [6.45, 7) is 6.04. The molecule has 0 heterocycles. The highest BCUT2D eigenvalue weighted by Crippen LogP contribution is 2.14. The Morgan fingerprint density at radius 1 is 1.29 bits per heavy atom. The number of carboxylic acid groups (broad SMARTS) is 1. The van der Waals surface area contributed by atoms with Crippen molar-refractivity contribution >= 4 is 17.7 Å². The number of para-hydroxylation sites is 1. The molecule has 0 aliphatic heterocycles. The lowest BCUT2D eigenvalue weighted by Gasteiger charge is -2.27. The summed E-state index contributed by atoms with van der Waals surface area (Å²) in [5.41, 5.74) is 0.0299. The van der Waals surface area contributed by atoms with Crippen molar-refractivity contribution in [2.75, 3.05) is 24.6 Å². The number of hydrogen-bond donors (Lipinski definition) is 2. The number of nitrogens with one attached hydrogen (secondary N) is 1. The zero-order valence-electron chi connectivity index (χ0n) is 12.6. The van der Waals surface area contributed by atoms with E-state index in [-0.39, 0.29) is 0 Å². The summed E-state index contributed by atoms with van der Waals surface area (Å²) in [4.78, 5) is 24.4. The third-order valence-corrected chi connectivity index (χ3v) is 2.81. The largest absolute Gasteiger partial charge is 0.480 e. The summed E-state index contributed by atoms with van der Waals surface area (Å²) in [6.07, 6.45) is 0. The maximum absolute atomic E-state index is 12.2. The maximum Gasteiger partial charge on any atom is 0.323 e. The van der Waals surface area contributed by atoms with Crippen LogP contribution in [0, 0.1) is 0 Å². The standard InChI is InChI=1S/C15H22N2O4/c1-4-21-15(2,3)11-16-14(20)17(10-13(18)19)12-8-6-5-7-9-12/h5-9H,4,10-11H2,1-3H3,(H,16,20)(H,18,19). The lowest BCUT2D eigenvalue weighted by atomic mass is 10.1. The fourth-order valence-electron chi connectivity index (χ4n) is 1.85. The molecule has 1 aromatic carbocycles. The molecule has 2 N–H and O–H groups in total. The Bertz CT molecular complexity index is 474. The molecule has 0 fully saturated rings. The predicted octanol–water partition coefficient (Wildman–Crippen LogP) is 2.10. The summed E-state index contributed by atoms with van der Waals surface area (Å²) < 4.78 is 5.50. The normalized spacial score (nSPS) is 11.0. The molecule has 2 amide bonds. The highest BCUT2D eigenvalue weighted by atomic mass is 16.5. The Morgan fingerprint density at radius 3 is 2.43 bits per heavy atom. The van der Waals surface area contributed by atoms with E-state index >= 15 is 0 Å². The molecule has 1 rings (SSSR count). The molecule has 0 radical (unpaired) electrons. The first-order valence-electron chi connectivity index (χ1n) is 6.82. The number of ether oxygens (including phenoxy) is 1. The Hall–Kier alpha value is -2.08. The molecule has 0 spiro atoms. The highest BCUT2D eigenvalue weighted by molar-refractivity contribution is 5.96. The van der Waals surface area contributed by atoms with E-state index in [0.29, 0.717) is 18.8 Å². The summed E-state index contributed by atoms with van der Waals surface area (Å²) in [5.74, 6) is -1.07. The Kier molecular flexibility index (Phi) is 6.17. The van der Waals surface area contributed by atoms with Crippen LogP contribution < -0.4 is 10.2 Å². The van der Waals surface area contributed by atoms with E-state index in [2.05, 4.69) is 5.32 Å². The summed E-state index contributed by atoms with van der Waals surface area (Å²) >= 11 is 0. The fraction of sp³-hybridized carbons (Fsp3) is 0.467. The molecular formula is C15H22N2O4.